The number of aromatic nitrogens is 2. The van der Waals surface area contributed by atoms with E-state index in [9.17, 15) is 4.39 Å². The summed E-state index contributed by atoms with van der Waals surface area (Å²) in [6, 6.07) is 1.46. The molecule has 0 bridgehead atoms. The van der Waals surface area contributed by atoms with Gasteiger partial charge in [0.1, 0.15) is 0 Å². The standard InChI is InChI=1S/C14H15BrFN3OS/c15-11-6-12(16)13(18-7-11)19-4-1-2-10(8-19)9-20-14-17-3-5-21-14/h3,5-7,10H,1-2,4,8-9H2. The van der Waals surface area contributed by atoms with Crippen LogP contribution in [-0.4, -0.2) is 29.7 Å². The maximum atomic E-state index is 14.0. The molecule has 112 valence electrons. The number of ether oxygens (including phenoxy) is 1. The van der Waals surface area contributed by atoms with Crippen molar-refractivity contribution in [2.45, 2.75) is 12.8 Å². The number of nitrogens with zero attached hydrogens (tertiary/aromatic N) is 3. The summed E-state index contributed by atoms with van der Waals surface area (Å²) < 4.78 is 20.3. The van der Waals surface area contributed by atoms with Crippen molar-refractivity contribution in [3.63, 3.8) is 0 Å². The van der Waals surface area contributed by atoms with Gasteiger partial charge in [-0.25, -0.2) is 14.4 Å². The minimum absolute atomic E-state index is 0.286. The zero-order valence-corrected chi connectivity index (χ0v) is 13.7. The molecule has 3 rings (SSSR count). The van der Waals surface area contributed by atoms with Gasteiger partial charge >= 0.3 is 0 Å². The second-order valence-electron chi connectivity index (χ2n) is 5.02. The fraction of sp³-hybridized carbons (Fsp3) is 0.429. The highest BCUT2D eigenvalue weighted by Gasteiger charge is 2.23. The van der Waals surface area contributed by atoms with Crippen LogP contribution in [0.15, 0.2) is 28.3 Å². The first-order chi connectivity index (χ1) is 10.2. The Labute approximate surface area is 135 Å². The third-order valence-electron chi connectivity index (χ3n) is 3.46. The molecule has 1 aliphatic heterocycles. The van der Waals surface area contributed by atoms with Gasteiger partial charge in [-0.05, 0) is 34.8 Å². The summed E-state index contributed by atoms with van der Waals surface area (Å²) in [5.74, 6) is 0.510. The lowest BCUT2D eigenvalue weighted by Crippen LogP contribution is -2.38. The number of anilines is 1. The second kappa shape index (κ2) is 6.70. The van der Waals surface area contributed by atoms with Gasteiger partial charge in [-0.15, -0.1) is 0 Å². The molecule has 2 aromatic rings. The highest BCUT2D eigenvalue weighted by molar-refractivity contribution is 9.10. The zero-order valence-electron chi connectivity index (χ0n) is 11.3. The molecule has 21 heavy (non-hydrogen) atoms. The largest absolute Gasteiger partial charge is 0.470 e. The topological polar surface area (TPSA) is 38.2 Å². The molecule has 0 aliphatic carbocycles. The second-order valence-corrected chi connectivity index (χ2v) is 6.80. The molecule has 0 radical (unpaired) electrons. The number of halogens is 2. The molecule has 0 saturated carbocycles. The molecule has 1 fully saturated rings. The Kier molecular flexibility index (Phi) is 4.70. The van der Waals surface area contributed by atoms with E-state index in [-0.39, 0.29) is 5.82 Å². The number of hydrogen-bond donors (Lipinski definition) is 0. The predicted molar refractivity (Wildman–Crippen MR) is 84.4 cm³/mol. The fourth-order valence-corrected chi connectivity index (χ4v) is 3.30. The summed E-state index contributed by atoms with van der Waals surface area (Å²) in [6.07, 6.45) is 5.46. The minimum Gasteiger partial charge on any atom is -0.470 e. The van der Waals surface area contributed by atoms with Crippen molar-refractivity contribution in [3.8, 4) is 5.19 Å². The van der Waals surface area contributed by atoms with E-state index in [2.05, 4.69) is 25.9 Å². The van der Waals surface area contributed by atoms with Crippen molar-refractivity contribution in [1.29, 1.82) is 0 Å². The summed E-state index contributed by atoms with van der Waals surface area (Å²) in [5.41, 5.74) is 0. The molecule has 1 aliphatic rings. The third-order valence-corrected chi connectivity index (χ3v) is 4.58. The van der Waals surface area contributed by atoms with Gasteiger partial charge in [-0.3, -0.25) is 0 Å². The monoisotopic (exact) mass is 371 g/mol. The Morgan fingerprint density at radius 2 is 2.38 bits per heavy atom. The van der Waals surface area contributed by atoms with Crippen LogP contribution in [0.3, 0.4) is 0 Å². The van der Waals surface area contributed by atoms with Gasteiger partial charge in [0, 0.05) is 41.3 Å². The third kappa shape index (κ3) is 3.71. The lowest BCUT2D eigenvalue weighted by atomic mass is 9.99. The Morgan fingerprint density at radius 1 is 1.48 bits per heavy atom. The van der Waals surface area contributed by atoms with Crippen molar-refractivity contribution in [1.82, 2.24) is 9.97 Å². The Morgan fingerprint density at radius 3 is 3.14 bits per heavy atom. The van der Waals surface area contributed by atoms with E-state index >= 15 is 0 Å². The van der Waals surface area contributed by atoms with Gasteiger partial charge in [-0.1, -0.05) is 11.3 Å². The Bertz CT molecular complexity index is 596. The minimum atomic E-state index is -0.286. The van der Waals surface area contributed by atoms with E-state index in [1.807, 2.05) is 10.3 Å². The number of piperidine rings is 1. The first-order valence-corrected chi connectivity index (χ1v) is 8.48. The smallest absolute Gasteiger partial charge is 0.273 e. The van der Waals surface area contributed by atoms with Crippen molar-refractivity contribution in [3.05, 3.63) is 34.1 Å². The van der Waals surface area contributed by atoms with Crippen LogP contribution in [0.4, 0.5) is 10.2 Å². The molecule has 0 amide bonds. The van der Waals surface area contributed by atoms with Gasteiger partial charge in [0.25, 0.3) is 5.19 Å². The van der Waals surface area contributed by atoms with Crippen LogP contribution in [0.25, 0.3) is 0 Å². The van der Waals surface area contributed by atoms with E-state index in [0.29, 0.717) is 28.0 Å². The molecule has 3 heterocycles. The fourth-order valence-electron chi connectivity index (χ4n) is 2.50. The van der Waals surface area contributed by atoms with Crippen LogP contribution < -0.4 is 9.64 Å². The van der Waals surface area contributed by atoms with E-state index in [4.69, 9.17) is 4.74 Å². The van der Waals surface area contributed by atoms with Gasteiger partial charge in [0.2, 0.25) is 0 Å². The van der Waals surface area contributed by atoms with E-state index in [1.165, 1.54) is 17.4 Å². The maximum Gasteiger partial charge on any atom is 0.273 e. The SMILES string of the molecule is Fc1cc(Br)cnc1N1CCCC(COc2nccs2)C1. The van der Waals surface area contributed by atoms with Crippen LogP contribution >= 0.6 is 27.3 Å². The van der Waals surface area contributed by atoms with Crippen LogP contribution in [0.2, 0.25) is 0 Å². The summed E-state index contributed by atoms with van der Waals surface area (Å²) >= 11 is 4.72. The van der Waals surface area contributed by atoms with Gasteiger partial charge in [0.05, 0.1) is 6.61 Å². The molecule has 0 aromatic carbocycles. The number of pyridine rings is 1. The van der Waals surface area contributed by atoms with Crippen molar-refractivity contribution in [2.24, 2.45) is 5.92 Å². The molecule has 7 heteroatoms. The molecule has 0 spiro atoms. The number of hydrogen-bond acceptors (Lipinski definition) is 5. The van der Waals surface area contributed by atoms with Gasteiger partial charge in [-0.2, -0.15) is 0 Å². The van der Waals surface area contributed by atoms with E-state index in [0.717, 1.165) is 25.9 Å². The average Bonchev–Trinajstić information content (AvgIpc) is 2.99. The highest BCUT2D eigenvalue weighted by Crippen LogP contribution is 2.26. The first kappa shape index (κ1) is 14.7. The lowest BCUT2D eigenvalue weighted by Gasteiger charge is -2.33. The molecule has 4 nitrogen and oxygen atoms in total. The quantitative estimate of drug-likeness (QED) is 0.820. The molecule has 0 N–H and O–H groups in total. The molecule has 1 unspecified atom stereocenters. The zero-order chi connectivity index (χ0) is 14.7. The maximum absolute atomic E-state index is 14.0. The first-order valence-electron chi connectivity index (χ1n) is 6.80. The summed E-state index contributed by atoms with van der Waals surface area (Å²) in [5, 5.41) is 2.59. The van der Waals surface area contributed by atoms with Crippen molar-refractivity contribution in [2.75, 3.05) is 24.6 Å². The number of rotatable bonds is 4. The summed E-state index contributed by atoms with van der Waals surface area (Å²) in [7, 11) is 0. The lowest BCUT2D eigenvalue weighted by molar-refractivity contribution is 0.227. The summed E-state index contributed by atoms with van der Waals surface area (Å²) in [6.45, 7) is 2.21. The van der Waals surface area contributed by atoms with Crippen LogP contribution in [0.5, 0.6) is 5.19 Å². The van der Waals surface area contributed by atoms with Gasteiger partial charge < -0.3 is 9.64 Å². The van der Waals surface area contributed by atoms with E-state index in [1.54, 1.807) is 12.4 Å². The van der Waals surface area contributed by atoms with Crippen molar-refractivity contribution < 1.29 is 9.13 Å². The predicted octanol–water partition coefficient (Wildman–Crippen LogP) is 3.74. The van der Waals surface area contributed by atoms with E-state index < -0.39 is 0 Å². The molecule has 1 atom stereocenters. The summed E-state index contributed by atoms with van der Waals surface area (Å²) in [4.78, 5) is 10.3. The van der Waals surface area contributed by atoms with Crippen molar-refractivity contribution >= 4 is 33.1 Å². The van der Waals surface area contributed by atoms with Crippen LogP contribution in [0.1, 0.15) is 12.8 Å². The highest BCUT2D eigenvalue weighted by atomic mass is 79.9. The molecular weight excluding hydrogens is 357 g/mol. The van der Waals surface area contributed by atoms with Crippen LogP contribution in [0, 0.1) is 11.7 Å². The average molecular weight is 372 g/mol. The van der Waals surface area contributed by atoms with Crippen LogP contribution in [-0.2, 0) is 0 Å². The molecular formula is C14H15BrFN3OS. The number of thiazole rings is 1. The van der Waals surface area contributed by atoms with Gasteiger partial charge in [0.15, 0.2) is 11.6 Å². The Balaban J connectivity index is 1.62. The molecule has 1 saturated heterocycles. The molecule has 2 aromatic heterocycles. The Hall–Kier alpha value is -1.21. The normalized spacial score (nSPS) is 18.8.